The van der Waals surface area contributed by atoms with Gasteiger partial charge in [0.05, 0.1) is 7.11 Å². The Morgan fingerprint density at radius 3 is 1.94 bits per heavy atom. The predicted octanol–water partition coefficient (Wildman–Crippen LogP) is 4.58. The van der Waals surface area contributed by atoms with E-state index in [4.69, 9.17) is 9.47 Å². The molecule has 0 aliphatic carbocycles. The minimum Gasteiger partial charge on any atom is -0.467 e. The highest BCUT2D eigenvalue weighted by molar-refractivity contribution is 6.02. The molecule has 32 heavy (non-hydrogen) atoms. The third-order valence-electron chi connectivity index (χ3n) is 5.67. The summed E-state index contributed by atoms with van der Waals surface area (Å²) in [5, 5.41) is 7.10. The second-order valence-corrected chi connectivity index (χ2v) is 7.61. The average molecular weight is 428 g/mol. The van der Waals surface area contributed by atoms with E-state index in [9.17, 15) is 9.59 Å². The summed E-state index contributed by atoms with van der Waals surface area (Å²) in [7, 11) is 2.80. The van der Waals surface area contributed by atoms with Gasteiger partial charge in [-0.15, -0.1) is 0 Å². The number of esters is 1. The molecular weight excluding hydrogens is 402 g/mol. The summed E-state index contributed by atoms with van der Waals surface area (Å²) in [5.74, 6) is -0.892. The molecule has 1 N–H and O–H groups in total. The van der Waals surface area contributed by atoms with E-state index in [1.807, 2.05) is 78.9 Å². The molecule has 2 atom stereocenters. The molecule has 5 heteroatoms. The van der Waals surface area contributed by atoms with Crippen molar-refractivity contribution in [3.63, 3.8) is 0 Å². The fraction of sp³-hybridized carbons (Fsp3) is 0.185. The Morgan fingerprint density at radius 1 is 0.812 bits per heavy atom. The minimum atomic E-state index is -0.858. The highest BCUT2D eigenvalue weighted by Crippen LogP contribution is 2.30. The van der Waals surface area contributed by atoms with Crippen LogP contribution in [0.3, 0.4) is 0 Å². The van der Waals surface area contributed by atoms with Crippen LogP contribution in [-0.4, -0.2) is 32.1 Å². The van der Waals surface area contributed by atoms with Crippen LogP contribution in [0.25, 0.3) is 21.5 Å². The lowest BCUT2D eigenvalue weighted by Crippen LogP contribution is -2.45. The Bertz CT molecular complexity index is 1200. The Morgan fingerprint density at radius 2 is 1.38 bits per heavy atom. The fourth-order valence-corrected chi connectivity index (χ4v) is 4.14. The van der Waals surface area contributed by atoms with Crippen LogP contribution in [-0.2, 0) is 25.5 Å². The number of carbonyl (C=O) groups excluding carboxylic acids is 2. The van der Waals surface area contributed by atoms with Gasteiger partial charge in [-0.25, -0.2) is 4.79 Å². The second kappa shape index (κ2) is 9.62. The number of benzene rings is 4. The first kappa shape index (κ1) is 21.5. The molecule has 0 unspecified atom stereocenters. The van der Waals surface area contributed by atoms with Gasteiger partial charge >= 0.3 is 5.97 Å². The number of methoxy groups -OCH3 is 2. The number of hydrogen-bond donors (Lipinski definition) is 1. The van der Waals surface area contributed by atoms with Crippen molar-refractivity contribution in [2.45, 2.75) is 18.6 Å². The maximum absolute atomic E-state index is 13.1. The molecule has 0 aromatic heterocycles. The Balaban J connectivity index is 1.71. The Labute approximate surface area is 187 Å². The van der Waals surface area contributed by atoms with Crippen LogP contribution < -0.4 is 5.32 Å². The number of hydrogen-bond acceptors (Lipinski definition) is 4. The summed E-state index contributed by atoms with van der Waals surface area (Å²) in [6.07, 6.45) is -0.529. The maximum Gasteiger partial charge on any atom is 0.328 e. The number of fused-ring (bicyclic) bond motifs is 2. The highest BCUT2D eigenvalue weighted by Gasteiger charge is 2.28. The van der Waals surface area contributed by atoms with Crippen LogP contribution in [0.5, 0.6) is 0 Å². The lowest BCUT2D eigenvalue weighted by atomic mass is 9.92. The van der Waals surface area contributed by atoms with Gasteiger partial charge in [-0.1, -0.05) is 78.9 Å². The van der Waals surface area contributed by atoms with E-state index in [1.165, 1.54) is 14.2 Å². The first-order valence-electron chi connectivity index (χ1n) is 10.5. The lowest BCUT2D eigenvalue weighted by molar-refractivity contribution is -0.146. The fourth-order valence-electron chi connectivity index (χ4n) is 4.14. The molecule has 5 nitrogen and oxygen atoms in total. The van der Waals surface area contributed by atoms with E-state index in [1.54, 1.807) is 0 Å². The molecule has 0 aliphatic rings. The van der Waals surface area contributed by atoms with Crippen LogP contribution in [0, 0.1) is 0 Å². The maximum atomic E-state index is 13.1. The molecule has 0 aliphatic heterocycles. The van der Waals surface area contributed by atoms with Gasteiger partial charge in [-0.05, 0) is 38.7 Å². The van der Waals surface area contributed by atoms with E-state index >= 15 is 0 Å². The zero-order valence-electron chi connectivity index (χ0n) is 18.1. The molecule has 1 amide bonds. The van der Waals surface area contributed by atoms with E-state index in [-0.39, 0.29) is 0 Å². The number of ether oxygens (including phenoxy) is 2. The van der Waals surface area contributed by atoms with Crippen molar-refractivity contribution in [3.05, 3.63) is 96.1 Å². The molecule has 4 aromatic rings. The first-order valence-corrected chi connectivity index (χ1v) is 10.5. The molecule has 0 bridgehead atoms. The molecule has 4 aromatic carbocycles. The van der Waals surface area contributed by atoms with Crippen LogP contribution in [0.4, 0.5) is 0 Å². The number of nitrogens with one attached hydrogen (secondary N) is 1. The van der Waals surface area contributed by atoms with Gasteiger partial charge in [0.1, 0.15) is 6.04 Å². The van der Waals surface area contributed by atoms with Crippen LogP contribution in [0.2, 0.25) is 0 Å². The van der Waals surface area contributed by atoms with Crippen molar-refractivity contribution >= 4 is 33.4 Å². The third-order valence-corrected chi connectivity index (χ3v) is 5.67. The monoisotopic (exact) mass is 427 g/mol. The van der Waals surface area contributed by atoms with Gasteiger partial charge in [0.15, 0.2) is 6.10 Å². The van der Waals surface area contributed by atoms with Crippen molar-refractivity contribution in [3.8, 4) is 0 Å². The quantitative estimate of drug-likeness (QED) is 0.346. The van der Waals surface area contributed by atoms with Gasteiger partial charge in [-0.2, -0.15) is 0 Å². The topological polar surface area (TPSA) is 64.6 Å². The van der Waals surface area contributed by atoms with Crippen molar-refractivity contribution in [1.29, 1.82) is 0 Å². The molecule has 162 valence electrons. The third kappa shape index (κ3) is 4.34. The lowest BCUT2D eigenvalue weighted by Gasteiger charge is -2.22. The van der Waals surface area contributed by atoms with Gasteiger partial charge in [0.25, 0.3) is 5.91 Å². The van der Waals surface area contributed by atoms with E-state index in [0.717, 1.165) is 27.1 Å². The summed E-state index contributed by atoms with van der Waals surface area (Å²) in [6, 6.07) is 26.6. The van der Waals surface area contributed by atoms with Crippen molar-refractivity contribution < 1.29 is 19.1 Å². The number of carbonyl (C=O) groups is 2. The average Bonchev–Trinajstić information content (AvgIpc) is 2.84. The zero-order chi connectivity index (χ0) is 22.5. The van der Waals surface area contributed by atoms with E-state index in [0.29, 0.717) is 12.0 Å². The van der Waals surface area contributed by atoms with Crippen molar-refractivity contribution in [1.82, 2.24) is 5.32 Å². The number of rotatable bonds is 7. The number of amides is 1. The van der Waals surface area contributed by atoms with Gasteiger partial charge in [0.2, 0.25) is 0 Å². The minimum absolute atomic E-state index is 0.297. The molecule has 0 fully saturated rings. The van der Waals surface area contributed by atoms with Gasteiger partial charge < -0.3 is 14.8 Å². The zero-order valence-corrected chi connectivity index (χ0v) is 18.1. The highest BCUT2D eigenvalue weighted by atomic mass is 16.5. The summed E-state index contributed by atoms with van der Waals surface area (Å²) < 4.78 is 10.5. The Hall–Kier alpha value is -3.70. The first-order chi connectivity index (χ1) is 15.6. The SMILES string of the molecule is COC(=O)[C@H](Cc1c2ccccc2cc2ccccc12)NC(=O)[C@H](OC)c1ccccc1. The normalized spacial score (nSPS) is 12.9. The summed E-state index contributed by atoms with van der Waals surface area (Å²) in [6.45, 7) is 0. The summed E-state index contributed by atoms with van der Waals surface area (Å²) in [4.78, 5) is 25.8. The van der Waals surface area contributed by atoms with Crippen LogP contribution >= 0.6 is 0 Å². The van der Waals surface area contributed by atoms with E-state index in [2.05, 4.69) is 11.4 Å². The summed E-state index contributed by atoms with van der Waals surface area (Å²) in [5.41, 5.74) is 1.70. The second-order valence-electron chi connectivity index (χ2n) is 7.61. The molecule has 4 rings (SSSR count). The molecule has 0 spiro atoms. The Kier molecular flexibility index (Phi) is 6.47. The predicted molar refractivity (Wildman–Crippen MR) is 125 cm³/mol. The van der Waals surface area contributed by atoms with Crippen LogP contribution in [0.15, 0.2) is 84.9 Å². The standard InChI is InChI=1S/C27H25NO4/c1-31-25(18-10-4-3-5-11-18)26(29)28-24(27(30)32-2)17-23-21-14-8-6-12-19(21)16-20-13-7-9-15-22(20)23/h3-16,24-25H,17H2,1-2H3,(H,28,29)/t24-,25+/m0/s1. The molecule has 0 saturated carbocycles. The largest absolute Gasteiger partial charge is 0.467 e. The van der Waals surface area contributed by atoms with Gasteiger partial charge in [0, 0.05) is 13.5 Å². The molecule has 0 heterocycles. The molecular formula is C27H25NO4. The molecule has 0 radical (unpaired) electrons. The smallest absolute Gasteiger partial charge is 0.328 e. The van der Waals surface area contributed by atoms with Gasteiger partial charge in [-0.3, -0.25) is 4.79 Å². The molecule has 0 saturated heterocycles. The van der Waals surface area contributed by atoms with Crippen molar-refractivity contribution in [2.75, 3.05) is 14.2 Å². The van der Waals surface area contributed by atoms with E-state index < -0.39 is 24.0 Å². The van der Waals surface area contributed by atoms with Crippen LogP contribution in [0.1, 0.15) is 17.2 Å². The van der Waals surface area contributed by atoms with Crippen molar-refractivity contribution in [2.24, 2.45) is 0 Å². The summed E-state index contributed by atoms with van der Waals surface area (Å²) >= 11 is 0.